The summed E-state index contributed by atoms with van der Waals surface area (Å²) in [4.78, 5) is 17.4. The molecule has 0 bridgehead atoms. The summed E-state index contributed by atoms with van der Waals surface area (Å²) in [5.74, 6) is -0.440. The lowest BCUT2D eigenvalue weighted by molar-refractivity contribution is 0.587. The van der Waals surface area contributed by atoms with E-state index in [1.807, 2.05) is 0 Å². The second-order valence-electron chi connectivity index (χ2n) is 6.92. The molecule has 0 radical (unpaired) electrons. The van der Waals surface area contributed by atoms with E-state index in [4.69, 9.17) is 17.3 Å². The maximum atomic E-state index is 14.4. The highest BCUT2D eigenvalue weighted by Crippen LogP contribution is 2.29. The maximum Gasteiger partial charge on any atom is 0.182 e. The summed E-state index contributed by atoms with van der Waals surface area (Å²) in [5, 5.41) is 4.00. The van der Waals surface area contributed by atoms with Crippen molar-refractivity contribution in [2.24, 2.45) is 0 Å². The largest absolute Gasteiger partial charge is 0.383 e. The highest BCUT2D eigenvalue weighted by atomic mass is 35.5. The van der Waals surface area contributed by atoms with Gasteiger partial charge in [0.05, 0.1) is 10.5 Å². The quantitative estimate of drug-likeness (QED) is 0.410. The number of nitrogen functional groups attached to an aromatic ring is 1. The molecule has 0 aliphatic heterocycles. The van der Waals surface area contributed by atoms with E-state index < -0.39 is 11.6 Å². The zero-order valence-corrected chi connectivity index (χ0v) is 17.1. The van der Waals surface area contributed by atoms with Gasteiger partial charge in [-0.1, -0.05) is 11.6 Å². The Bertz CT molecular complexity index is 1450. The first-order chi connectivity index (χ1) is 15.5. The Kier molecular flexibility index (Phi) is 4.95. The molecule has 0 amide bonds. The zero-order valence-electron chi connectivity index (χ0n) is 16.4. The van der Waals surface area contributed by atoms with Crippen molar-refractivity contribution < 1.29 is 8.78 Å². The lowest BCUT2D eigenvalue weighted by atomic mass is 10.1. The fourth-order valence-corrected chi connectivity index (χ4v) is 3.64. The lowest BCUT2D eigenvalue weighted by Crippen LogP contribution is -2.02. The molecular formula is C22H14ClF2N7. The number of rotatable bonds is 4. The van der Waals surface area contributed by atoms with E-state index in [0.29, 0.717) is 22.6 Å². The molecule has 32 heavy (non-hydrogen) atoms. The van der Waals surface area contributed by atoms with Crippen LogP contribution in [0.5, 0.6) is 0 Å². The van der Waals surface area contributed by atoms with Gasteiger partial charge in [0, 0.05) is 42.3 Å². The Hall–Kier alpha value is -3.98. The van der Waals surface area contributed by atoms with Gasteiger partial charge < -0.3 is 5.73 Å². The standard InChI is InChI=1S/C22H14ClF2N7/c23-19-13(15(24)3-4-16(19)25)10-18-30-20(17-2-1-7-29-32(17)18)22-28-11-14(21(26)31-22)12-5-8-27-9-6-12/h1-9,11H,10H2,(H2,26,28,31). The molecule has 158 valence electrons. The molecule has 0 aliphatic carbocycles. The normalized spacial score (nSPS) is 11.2. The van der Waals surface area contributed by atoms with Crippen molar-refractivity contribution in [1.29, 1.82) is 0 Å². The first-order valence-electron chi connectivity index (χ1n) is 9.51. The van der Waals surface area contributed by atoms with Gasteiger partial charge in [-0.3, -0.25) is 4.98 Å². The lowest BCUT2D eigenvalue weighted by Gasteiger charge is -2.06. The second-order valence-corrected chi connectivity index (χ2v) is 7.30. The van der Waals surface area contributed by atoms with Crippen molar-refractivity contribution in [1.82, 2.24) is 29.5 Å². The summed E-state index contributed by atoms with van der Waals surface area (Å²) >= 11 is 6.00. The summed E-state index contributed by atoms with van der Waals surface area (Å²) in [7, 11) is 0. The van der Waals surface area contributed by atoms with Gasteiger partial charge in [0.1, 0.15) is 29.0 Å². The number of imidazole rings is 1. The van der Waals surface area contributed by atoms with E-state index in [1.165, 1.54) is 4.52 Å². The minimum absolute atomic E-state index is 0.00997. The predicted molar refractivity (Wildman–Crippen MR) is 116 cm³/mol. The van der Waals surface area contributed by atoms with Gasteiger partial charge in [-0.25, -0.2) is 28.2 Å². The van der Waals surface area contributed by atoms with E-state index in [1.54, 1.807) is 49.1 Å². The predicted octanol–water partition coefficient (Wildman–Crippen LogP) is 4.35. The van der Waals surface area contributed by atoms with Gasteiger partial charge in [0.15, 0.2) is 5.82 Å². The molecule has 4 heterocycles. The average molecular weight is 450 g/mol. The third kappa shape index (κ3) is 3.42. The Labute approximate surface area is 185 Å². The molecule has 0 atom stereocenters. The number of nitrogens with zero attached hydrogens (tertiary/aromatic N) is 6. The molecule has 0 unspecified atom stereocenters. The Morgan fingerprint density at radius 2 is 1.75 bits per heavy atom. The zero-order chi connectivity index (χ0) is 22.2. The number of pyridine rings is 1. The monoisotopic (exact) mass is 449 g/mol. The summed E-state index contributed by atoms with van der Waals surface area (Å²) in [6.45, 7) is 0. The summed E-state index contributed by atoms with van der Waals surface area (Å²) < 4.78 is 29.8. The van der Waals surface area contributed by atoms with Crippen LogP contribution in [-0.4, -0.2) is 29.5 Å². The van der Waals surface area contributed by atoms with Crippen molar-refractivity contribution >= 4 is 22.9 Å². The SMILES string of the molecule is Nc1nc(-c2nc(Cc3c(F)ccc(F)c3Cl)n3ncccc23)ncc1-c1ccncc1. The van der Waals surface area contributed by atoms with Crippen LogP contribution in [0.3, 0.4) is 0 Å². The first kappa shape index (κ1) is 20.0. The van der Waals surface area contributed by atoms with Crippen molar-refractivity contribution in [3.05, 3.63) is 89.2 Å². The summed E-state index contributed by atoms with van der Waals surface area (Å²) in [6.07, 6.45) is 6.40. The Morgan fingerprint density at radius 1 is 0.969 bits per heavy atom. The molecule has 7 nitrogen and oxygen atoms in total. The topological polar surface area (TPSA) is 94.9 Å². The van der Waals surface area contributed by atoms with Crippen molar-refractivity contribution in [2.45, 2.75) is 6.42 Å². The first-order valence-corrected chi connectivity index (χ1v) is 9.89. The molecule has 5 aromatic rings. The molecule has 0 spiro atoms. The van der Waals surface area contributed by atoms with E-state index in [9.17, 15) is 8.78 Å². The van der Waals surface area contributed by atoms with Gasteiger partial charge in [0.2, 0.25) is 0 Å². The third-order valence-electron chi connectivity index (χ3n) is 4.97. The van der Waals surface area contributed by atoms with Gasteiger partial charge in [0.25, 0.3) is 0 Å². The van der Waals surface area contributed by atoms with Crippen LogP contribution in [0.25, 0.3) is 28.2 Å². The van der Waals surface area contributed by atoms with Crippen LogP contribution in [-0.2, 0) is 6.42 Å². The molecule has 0 saturated heterocycles. The number of halogens is 3. The van der Waals surface area contributed by atoms with E-state index >= 15 is 0 Å². The fraction of sp³-hybridized carbons (Fsp3) is 0.0455. The average Bonchev–Trinajstić information content (AvgIpc) is 3.18. The van der Waals surface area contributed by atoms with Crippen LogP contribution < -0.4 is 5.73 Å². The van der Waals surface area contributed by atoms with Crippen molar-refractivity contribution in [3.63, 3.8) is 0 Å². The fourth-order valence-electron chi connectivity index (χ4n) is 3.42. The Balaban J connectivity index is 1.61. The number of hydrogen-bond acceptors (Lipinski definition) is 6. The van der Waals surface area contributed by atoms with Crippen LogP contribution >= 0.6 is 11.6 Å². The maximum absolute atomic E-state index is 14.4. The molecule has 1 aromatic carbocycles. The van der Waals surface area contributed by atoms with Gasteiger partial charge in [-0.2, -0.15) is 5.10 Å². The van der Waals surface area contributed by atoms with Crippen LogP contribution in [0.1, 0.15) is 11.4 Å². The number of aromatic nitrogens is 6. The molecule has 4 aromatic heterocycles. The molecular weight excluding hydrogens is 436 g/mol. The molecule has 0 aliphatic rings. The smallest absolute Gasteiger partial charge is 0.182 e. The summed E-state index contributed by atoms with van der Waals surface area (Å²) in [6, 6.07) is 9.13. The van der Waals surface area contributed by atoms with E-state index in [0.717, 1.165) is 17.7 Å². The molecule has 2 N–H and O–H groups in total. The van der Waals surface area contributed by atoms with Gasteiger partial charge >= 0.3 is 0 Å². The number of benzene rings is 1. The number of nitrogens with two attached hydrogens (primary N) is 1. The third-order valence-corrected chi connectivity index (χ3v) is 5.38. The second kappa shape index (κ2) is 7.93. The van der Waals surface area contributed by atoms with Crippen molar-refractivity contribution in [2.75, 3.05) is 5.73 Å². The minimum Gasteiger partial charge on any atom is -0.383 e. The molecule has 0 saturated carbocycles. The highest BCUT2D eigenvalue weighted by molar-refractivity contribution is 6.31. The van der Waals surface area contributed by atoms with Crippen LogP contribution in [0, 0.1) is 11.6 Å². The van der Waals surface area contributed by atoms with Crippen LogP contribution in [0.15, 0.2) is 61.2 Å². The molecule has 0 fully saturated rings. The van der Waals surface area contributed by atoms with Crippen LogP contribution in [0.4, 0.5) is 14.6 Å². The van der Waals surface area contributed by atoms with E-state index in [2.05, 4.69) is 25.0 Å². The molecule has 10 heteroatoms. The van der Waals surface area contributed by atoms with Crippen LogP contribution in [0.2, 0.25) is 5.02 Å². The number of fused-ring (bicyclic) bond motifs is 1. The highest BCUT2D eigenvalue weighted by Gasteiger charge is 2.20. The van der Waals surface area contributed by atoms with Crippen molar-refractivity contribution in [3.8, 4) is 22.6 Å². The van der Waals surface area contributed by atoms with Gasteiger partial charge in [-0.05, 0) is 42.0 Å². The van der Waals surface area contributed by atoms with Gasteiger partial charge in [-0.15, -0.1) is 0 Å². The van der Waals surface area contributed by atoms with E-state index in [-0.39, 0.29) is 28.6 Å². The minimum atomic E-state index is -0.708. The number of hydrogen-bond donors (Lipinski definition) is 1. The molecule has 5 rings (SSSR count). The summed E-state index contributed by atoms with van der Waals surface area (Å²) in [5.41, 5.74) is 8.67. The Morgan fingerprint density at radius 3 is 2.53 bits per heavy atom. The number of anilines is 1.